The second-order valence-electron chi connectivity index (χ2n) is 10.7. The lowest BCUT2D eigenvalue weighted by molar-refractivity contribution is -0.140. The number of likely N-dealkylation sites (N-methyl/N-ethyl adjacent to an activating group) is 1. The van der Waals surface area contributed by atoms with Gasteiger partial charge in [-0.05, 0) is 23.8 Å². The van der Waals surface area contributed by atoms with E-state index in [9.17, 15) is 19.5 Å². The number of rotatable bonds is 9. The molecule has 34 heavy (non-hydrogen) atoms. The van der Waals surface area contributed by atoms with Crippen LogP contribution in [0, 0.1) is 11.3 Å². The minimum atomic E-state index is -1.03. The predicted octanol–water partition coefficient (Wildman–Crippen LogP) is 3.76. The third-order valence-corrected chi connectivity index (χ3v) is 6.21. The van der Waals surface area contributed by atoms with Crippen molar-refractivity contribution in [3.63, 3.8) is 0 Å². The average molecular weight is 496 g/mol. The summed E-state index contributed by atoms with van der Waals surface area (Å²) in [7, 11) is 1.64. The summed E-state index contributed by atoms with van der Waals surface area (Å²) in [5, 5.41) is 12.2. The molecule has 7 nitrogen and oxygen atoms in total. The van der Waals surface area contributed by atoms with Gasteiger partial charge >= 0.3 is 5.97 Å². The van der Waals surface area contributed by atoms with Gasteiger partial charge in [-0.15, -0.1) is 12.4 Å². The van der Waals surface area contributed by atoms with Crippen molar-refractivity contribution in [2.45, 2.75) is 78.9 Å². The molecule has 1 aromatic rings. The standard InChI is InChI=1S/C26H41N3O4.ClH/c1-16(2)19(15-17(3)24(32)33)29(9)23(31)21(25(4,5)6)28-22(30)20(27)26(7,8)18-13-11-10-12-14-18;/h10-16,19-21H,27H2,1-9H3,(H,28,30)(H,32,33);1H/b17-15+;/t19-,20-,21-;/m1./s1. The number of carbonyl (C=O) groups excluding carboxylic acids is 2. The van der Waals surface area contributed by atoms with Gasteiger partial charge in [-0.3, -0.25) is 9.59 Å². The molecule has 0 fully saturated rings. The van der Waals surface area contributed by atoms with E-state index in [-0.39, 0.29) is 29.8 Å². The Balaban J connectivity index is 0.0000109. The minimum absolute atomic E-state index is 0. The van der Waals surface area contributed by atoms with Gasteiger partial charge in [-0.25, -0.2) is 4.79 Å². The van der Waals surface area contributed by atoms with Crippen molar-refractivity contribution < 1.29 is 19.5 Å². The highest BCUT2D eigenvalue weighted by Crippen LogP contribution is 2.28. The quantitative estimate of drug-likeness (QED) is 0.451. The van der Waals surface area contributed by atoms with Gasteiger partial charge in [0.25, 0.3) is 0 Å². The Morgan fingerprint density at radius 1 is 1.06 bits per heavy atom. The van der Waals surface area contributed by atoms with Crippen LogP contribution < -0.4 is 11.1 Å². The normalized spacial score (nSPS) is 15.1. The summed E-state index contributed by atoms with van der Waals surface area (Å²) >= 11 is 0. The summed E-state index contributed by atoms with van der Waals surface area (Å²) in [4.78, 5) is 39.6. The number of benzene rings is 1. The van der Waals surface area contributed by atoms with Crippen molar-refractivity contribution in [1.82, 2.24) is 10.2 Å². The Labute approximate surface area is 210 Å². The number of nitrogens with zero attached hydrogens (tertiary/aromatic N) is 1. The van der Waals surface area contributed by atoms with E-state index in [0.717, 1.165) is 5.56 Å². The van der Waals surface area contributed by atoms with Crippen molar-refractivity contribution in [3.8, 4) is 0 Å². The summed E-state index contributed by atoms with van der Waals surface area (Å²) in [5.41, 5.74) is 6.24. The highest BCUT2D eigenvalue weighted by atomic mass is 35.5. The fourth-order valence-corrected chi connectivity index (χ4v) is 3.69. The molecule has 0 saturated heterocycles. The number of carboxylic acids is 1. The highest BCUT2D eigenvalue weighted by molar-refractivity contribution is 5.91. The van der Waals surface area contributed by atoms with E-state index >= 15 is 0 Å². The van der Waals surface area contributed by atoms with Crippen LogP contribution in [0.1, 0.15) is 61.0 Å². The summed E-state index contributed by atoms with van der Waals surface area (Å²) in [5.74, 6) is -1.77. The van der Waals surface area contributed by atoms with E-state index in [1.54, 1.807) is 13.1 Å². The molecule has 192 valence electrons. The maximum atomic E-state index is 13.6. The first-order valence-electron chi connectivity index (χ1n) is 11.3. The van der Waals surface area contributed by atoms with Crippen LogP contribution in [0.5, 0.6) is 0 Å². The first-order chi connectivity index (χ1) is 15.0. The van der Waals surface area contributed by atoms with E-state index in [1.165, 1.54) is 11.8 Å². The van der Waals surface area contributed by atoms with E-state index in [4.69, 9.17) is 5.73 Å². The van der Waals surface area contributed by atoms with Crippen LogP contribution in [0.3, 0.4) is 0 Å². The number of amides is 2. The molecule has 0 radical (unpaired) electrons. The van der Waals surface area contributed by atoms with Crippen molar-refractivity contribution in [2.24, 2.45) is 17.1 Å². The van der Waals surface area contributed by atoms with Crippen molar-refractivity contribution in [1.29, 1.82) is 0 Å². The average Bonchev–Trinajstić information content (AvgIpc) is 2.73. The van der Waals surface area contributed by atoms with Crippen LogP contribution in [-0.2, 0) is 19.8 Å². The molecule has 0 aliphatic heterocycles. The first-order valence-corrected chi connectivity index (χ1v) is 11.3. The number of carboxylic acid groups (broad SMARTS) is 1. The summed E-state index contributed by atoms with van der Waals surface area (Å²) in [6.45, 7) is 14.8. The maximum Gasteiger partial charge on any atom is 0.331 e. The van der Waals surface area contributed by atoms with Gasteiger partial charge in [-0.1, -0.05) is 84.9 Å². The van der Waals surface area contributed by atoms with Crippen LogP contribution in [0.15, 0.2) is 42.0 Å². The van der Waals surface area contributed by atoms with Crippen molar-refractivity contribution in [3.05, 3.63) is 47.5 Å². The van der Waals surface area contributed by atoms with Crippen LogP contribution >= 0.6 is 12.4 Å². The summed E-state index contributed by atoms with van der Waals surface area (Å²) < 4.78 is 0. The lowest BCUT2D eigenvalue weighted by Crippen LogP contribution is -2.61. The molecule has 1 aromatic carbocycles. The molecule has 0 aliphatic carbocycles. The monoisotopic (exact) mass is 495 g/mol. The fraction of sp³-hybridized carbons (Fsp3) is 0.577. The molecule has 0 saturated carbocycles. The number of carbonyl (C=O) groups is 3. The van der Waals surface area contributed by atoms with Gasteiger partial charge in [0.2, 0.25) is 11.8 Å². The fourth-order valence-electron chi connectivity index (χ4n) is 3.69. The number of nitrogens with two attached hydrogens (primary N) is 1. The molecule has 4 N–H and O–H groups in total. The topological polar surface area (TPSA) is 113 Å². The van der Waals surface area contributed by atoms with Gasteiger partial charge in [0.05, 0.1) is 12.1 Å². The van der Waals surface area contributed by atoms with Gasteiger partial charge in [-0.2, -0.15) is 0 Å². The van der Waals surface area contributed by atoms with Crippen LogP contribution in [0.25, 0.3) is 0 Å². The minimum Gasteiger partial charge on any atom is -0.478 e. The molecule has 0 aromatic heterocycles. The molecule has 0 bridgehead atoms. The number of aliphatic carboxylic acids is 1. The van der Waals surface area contributed by atoms with Gasteiger partial charge < -0.3 is 21.1 Å². The molecule has 2 amide bonds. The maximum absolute atomic E-state index is 13.6. The Morgan fingerprint density at radius 2 is 1.56 bits per heavy atom. The number of nitrogens with one attached hydrogen (secondary N) is 1. The van der Waals surface area contributed by atoms with E-state index in [2.05, 4.69) is 5.32 Å². The zero-order valence-corrected chi connectivity index (χ0v) is 22.7. The molecule has 0 aliphatic rings. The smallest absolute Gasteiger partial charge is 0.331 e. The third-order valence-electron chi connectivity index (χ3n) is 6.21. The lowest BCUT2D eigenvalue weighted by Gasteiger charge is -2.39. The Hall–Kier alpha value is -2.38. The Morgan fingerprint density at radius 3 is 1.97 bits per heavy atom. The molecule has 0 unspecified atom stereocenters. The molecular weight excluding hydrogens is 454 g/mol. The SMILES string of the molecule is C/C(=C\[C@H](C(C)C)N(C)C(=O)[C@@H](NC(=O)[C@@H](N)C(C)(C)c1ccccc1)C(C)(C)C)C(=O)O.Cl. The Kier molecular flexibility index (Phi) is 11.5. The molecule has 0 heterocycles. The van der Waals surface area contributed by atoms with Gasteiger partial charge in [0.1, 0.15) is 6.04 Å². The largest absolute Gasteiger partial charge is 0.478 e. The number of hydrogen-bond donors (Lipinski definition) is 3. The lowest BCUT2D eigenvalue weighted by atomic mass is 9.77. The number of hydrogen-bond acceptors (Lipinski definition) is 4. The Bertz CT molecular complexity index is 876. The van der Waals surface area contributed by atoms with Crippen LogP contribution in [0.2, 0.25) is 0 Å². The van der Waals surface area contributed by atoms with Gasteiger partial charge in [0.15, 0.2) is 0 Å². The summed E-state index contributed by atoms with van der Waals surface area (Å²) in [6, 6.07) is 7.40. The van der Waals surface area contributed by atoms with Crippen LogP contribution in [0.4, 0.5) is 0 Å². The molecule has 8 heteroatoms. The highest BCUT2D eigenvalue weighted by Gasteiger charge is 2.40. The van der Waals surface area contributed by atoms with Gasteiger partial charge in [0, 0.05) is 18.0 Å². The van der Waals surface area contributed by atoms with Crippen LogP contribution in [-0.4, -0.2) is 53.0 Å². The molecule has 0 spiro atoms. The molecular formula is C26H42ClN3O4. The third kappa shape index (κ3) is 7.84. The number of halogens is 1. The summed E-state index contributed by atoms with van der Waals surface area (Å²) in [6.07, 6.45) is 1.58. The zero-order valence-electron chi connectivity index (χ0n) is 21.9. The van der Waals surface area contributed by atoms with Crippen molar-refractivity contribution in [2.75, 3.05) is 7.05 Å². The molecule has 3 atom stereocenters. The zero-order chi connectivity index (χ0) is 25.7. The second-order valence-corrected chi connectivity index (χ2v) is 10.7. The molecule has 1 rings (SSSR count). The second kappa shape index (κ2) is 12.4. The van der Waals surface area contributed by atoms with Crippen molar-refractivity contribution >= 4 is 30.2 Å². The first kappa shape index (κ1) is 31.6. The predicted molar refractivity (Wildman–Crippen MR) is 139 cm³/mol. The van der Waals surface area contributed by atoms with E-state index in [1.807, 2.05) is 78.8 Å². The van der Waals surface area contributed by atoms with E-state index in [0.29, 0.717) is 0 Å². The van der Waals surface area contributed by atoms with E-state index < -0.39 is 40.8 Å².